The Morgan fingerprint density at radius 2 is 2.14 bits per heavy atom. The standard InChI is InChI=1S/C15H19ClN2O3/c1-9(10-3-2-4-12(16)7-10)17-15(21)18-13-6-5-11(8-13)14(19)20/h2-4,7,9,11,13H,5-6,8H2,1H3,(H,19,20)(H2,17,18,21)/t9?,11-,13+/m1/s1. The molecular weight excluding hydrogens is 292 g/mol. The zero-order valence-electron chi connectivity index (χ0n) is 11.8. The molecule has 2 amide bonds. The summed E-state index contributed by atoms with van der Waals surface area (Å²) in [7, 11) is 0. The van der Waals surface area contributed by atoms with E-state index >= 15 is 0 Å². The van der Waals surface area contributed by atoms with Crippen LogP contribution in [0.1, 0.15) is 37.8 Å². The molecule has 3 atom stereocenters. The van der Waals surface area contributed by atoms with E-state index in [1.54, 1.807) is 6.07 Å². The van der Waals surface area contributed by atoms with Gasteiger partial charge in [-0.2, -0.15) is 0 Å². The highest BCUT2D eigenvalue weighted by molar-refractivity contribution is 6.30. The molecule has 0 saturated heterocycles. The Balaban J connectivity index is 1.83. The monoisotopic (exact) mass is 310 g/mol. The summed E-state index contributed by atoms with van der Waals surface area (Å²) in [6.07, 6.45) is 1.81. The summed E-state index contributed by atoms with van der Waals surface area (Å²) in [4.78, 5) is 22.8. The SMILES string of the molecule is CC(NC(=O)N[C@H]1CC[C@@H](C(=O)O)C1)c1cccc(Cl)c1. The van der Waals surface area contributed by atoms with E-state index in [0.717, 1.165) is 5.56 Å². The molecule has 6 heteroatoms. The Morgan fingerprint density at radius 1 is 1.38 bits per heavy atom. The van der Waals surface area contributed by atoms with Crippen LogP contribution >= 0.6 is 11.6 Å². The number of urea groups is 1. The number of hydrogen-bond donors (Lipinski definition) is 3. The zero-order valence-corrected chi connectivity index (χ0v) is 12.6. The van der Waals surface area contributed by atoms with Crippen molar-refractivity contribution in [2.75, 3.05) is 0 Å². The van der Waals surface area contributed by atoms with Gasteiger partial charge in [0.1, 0.15) is 0 Å². The van der Waals surface area contributed by atoms with Gasteiger partial charge in [-0.25, -0.2) is 4.79 Å². The molecule has 1 aliphatic carbocycles. The number of benzene rings is 1. The molecule has 0 aromatic heterocycles. The molecule has 0 spiro atoms. The largest absolute Gasteiger partial charge is 0.481 e. The van der Waals surface area contributed by atoms with E-state index in [1.165, 1.54) is 0 Å². The lowest BCUT2D eigenvalue weighted by molar-refractivity contribution is -0.141. The molecule has 1 saturated carbocycles. The highest BCUT2D eigenvalue weighted by Gasteiger charge is 2.30. The molecule has 3 N–H and O–H groups in total. The maximum atomic E-state index is 11.9. The summed E-state index contributed by atoms with van der Waals surface area (Å²) in [5.74, 6) is -1.13. The second-order valence-electron chi connectivity index (χ2n) is 5.44. The maximum absolute atomic E-state index is 11.9. The van der Waals surface area contributed by atoms with Crippen molar-refractivity contribution in [1.29, 1.82) is 0 Å². The van der Waals surface area contributed by atoms with Crippen LogP contribution < -0.4 is 10.6 Å². The van der Waals surface area contributed by atoms with Crippen molar-refractivity contribution in [2.24, 2.45) is 5.92 Å². The third-order valence-electron chi connectivity index (χ3n) is 3.81. The minimum Gasteiger partial charge on any atom is -0.481 e. The van der Waals surface area contributed by atoms with Gasteiger partial charge >= 0.3 is 12.0 Å². The van der Waals surface area contributed by atoms with Gasteiger partial charge in [0.25, 0.3) is 0 Å². The first kappa shape index (κ1) is 15.6. The predicted molar refractivity (Wildman–Crippen MR) is 80.3 cm³/mol. The normalized spacial score (nSPS) is 22.6. The van der Waals surface area contributed by atoms with E-state index in [-0.39, 0.29) is 24.0 Å². The number of hydrogen-bond acceptors (Lipinski definition) is 2. The number of carbonyl (C=O) groups is 2. The highest BCUT2D eigenvalue weighted by Crippen LogP contribution is 2.25. The molecule has 1 fully saturated rings. The number of nitrogens with one attached hydrogen (secondary N) is 2. The van der Waals surface area contributed by atoms with Crippen molar-refractivity contribution >= 4 is 23.6 Å². The van der Waals surface area contributed by atoms with Crippen molar-refractivity contribution in [1.82, 2.24) is 10.6 Å². The third kappa shape index (κ3) is 4.36. The summed E-state index contributed by atoms with van der Waals surface area (Å²) >= 11 is 5.92. The molecule has 2 rings (SSSR count). The van der Waals surface area contributed by atoms with Crippen LogP contribution in [0.4, 0.5) is 4.79 Å². The Morgan fingerprint density at radius 3 is 2.76 bits per heavy atom. The Kier molecular flexibility index (Phi) is 5.07. The second kappa shape index (κ2) is 6.80. The van der Waals surface area contributed by atoms with Gasteiger partial charge in [-0.1, -0.05) is 23.7 Å². The van der Waals surface area contributed by atoms with E-state index in [0.29, 0.717) is 24.3 Å². The van der Waals surface area contributed by atoms with Crippen LogP contribution in [0, 0.1) is 5.92 Å². The number of rotatable bonds is 4. The maximum Gasteiger partial charge on any atom is 0.315 e. The van der Waals surface area contributed by atoms with E-state index < -0.39 is 5.97 Å². The van der Waals surface area contributed by atoms with E-state index in [2.05, 4.69) is 10.6 Å². The smallest absolute Gasteiger partial charge is 0.315 e. The number of carboxylic acids is 1. The van der Waals surface area contributed by atoms with E-state index in [4.69, 9.17) is 16.7 Å². The topological polar surface area (TPSA) is 78.4 Å². The minimum absolute atomic E-state index is 0.0716. The van der Waals surface area contributed by atoms with Gasteiger partial charge in [-0.3, -0.25) is 4.79 Å². The van der Waals surface area contributed by atoms with Crippen LogP contribution in [0.15, 0.2) is 24.3 Å². The first-order chi connectivity index (χ1) is 9.95. The summed E-state index contributed by atoms with van der Waals surface area (Å²) < 4.78 is 0. The molecular formula is C15H19ClN2O3. The number of carbonyl (C=O) groups excluding carboxylic acids is 1. The zero-order chi connectivity index (χ0) is 15.4. The molecule has 1 aromatic carbocycles. The first-order valence-electron chi connectivity index (χ1n) is 7.01. The Labute approximate surface area is 128 Å². The lowest BCUT2D eigenvalue weighted by atomic mass is 10.1. The van der Waals surface area contributed by atoms with Gasteiger partial charge < -0.3 is 15.7 Å². The molecule has 1 aromatic rings. The second-order valence-corrected chi connectivity index (χ2v) is 5.88. The van der Waals surface area contributed by atoms with Gasteiger partial charge in [0.15, 0.2) is 0 Å². The number of amides is 2. The fraction of sp³-hybridized carbons (Fsp3) is 0.467. The lowest BCUT2D eigenvalue weighted by Gasteiger charge is -2.18. The summed E-state index contributed by atoms with van der Waals surface area (Å²) in [5.41, 5.74) is 0.924. The highest BCUT2D eigenvalue weighted by atomic mass is 35.5. The van der Waals surface area contributed by atoms with Gasteiger partial charge in [-0.15, -0.1) is 0 Å². The van der Waals surface area contributed by atoms with Crippen LogP contribution in [0.25, 0.3) is 0 Å². The van der Waals surface area contributed by atoms with Crippen LogP contribution in [0.2, 0.25) is 5.02 Å². The van der Waals surface area contributed by atoms with E-state index in [9.17, 15) is 9.59 Å². The average Bonchev–Trinajstić information content (AvgIpc) is 2.87. The third-order valence-corrected chi connectivity index (χ3v) is 4.05. The molecule has 0 bridgehead atoms. The molecule has 1 aliphatic rings. The molecule has 0 radical (unpaired) electrons. The number of halogens is 1. The lowest BCUT2D eigenvalue weighted by Crippen LogP contribution is -2.42. The first-order valence-corrected chi connectivity index (χ1v) is 7.39. The molecule has 5 nitrogen and oxygen atoms in total. The molecule has 0 aliphatic heterocycles. The number of carboxylic acid groups (broad SMARTS) is 1. The summed E-state index contributed by atoms with van der Waals surface area (Å²) in [6.45, 7) is 1.87. The minimum atomic E-state index is -0.785. The molecule has 0 heterocycles. The summed E-state index contributed by atoms with van der Waals surface area (Å²) in [6, 6.07) is 6.80. The fourth-order valence-corrected chi connectivity index (χ4v) is 2.82. The van der Waals surface area contributed by atoms with Gasteiger partial charge in [0.2, 0.25) is 0 Å². The van der Waals surface area contributed by atoms with Crippen LogP contribution in [0.3, 0.4) is 0 Å². The predicted octanol–water partition coefficient (Wildman–Crippen LogP) is 2.95. The van der Waals surface area contributed by atoms with Crippen molar-refractivity contribution in [2.45, 2.75) is 38.3 Å². The molecule has 1 unspecified atom stereocenters. The molecule has 21 heavy (non-hydrogen) atoms. The van der Waals surface area contributed by atoms with Gasteiger partial charge in [-0.05, 0) is 43.9 Å². The quantitative estimate of drug-likeness (QED) is 0.800. The molecule has 114 valence electrons. The van der Waals surface area contributed by atoms with Crippen molar-refractivity contribution < 1.29 is 14.7 Å². The Bertz CT molecular complexity index is 535. The van der Waals surface area contributed by atoms with Crippen molar-refractivity contribution in [3.05, 3.63) is 34.9 Å². The summed E-state index contributed by atoms with van der Waals surface area (Å²) in [5, 5.41) is 15.2. The fourth-order valence-electron chi connectivity index (χ4n) is 2.62. The van der Waals surface area contributed by atoms with Crippen molar-refractivity contribution in [3.63, 3.8) is 0 Å². The van der Waals surface area contributed by atoms with Gasteiger partial charge in [0.05, 0.1) is 12.0 Å². The van der Waals surface area contributed by atoms with E-state index in [1.807, 2.05) is 25.1 Å². The van der Waals surface area contributed by atoms with Crippen LogP contribution in [-0.4, -0.2) is 23.1 Å². The van der Waals surface area contributed by atoms with Crippen molar-refractivity contribution in [3.8, 4) is 0 Å². The average molecular weight is 311 g/mol. The van der Waals surface area contributed by atoms with Crippen LogP contribution in [0.5, 0.6) is 0 Å². The number of aliphatic carboxylic acids is 1. The van der Waals surface area contributed by atoms with Gasteiger partial charge in [0, 0.05) is 11.1 Å². The van der Waals surface area contributed by atoms with Crippen LogP contribution in [-0.2, 0) is 4.79 Å². The Hall–Kier alpha value is -1.75.